The van der Waals surface area contributed by atoms with E-state index in [9.17, 15) is 19.8 Å². The van der Waals surface area contributed by atoms with Gasteiger partial charge in [-0.2, -0.15) is 0 Å². The quantitative estimate of drug-likeness (QED) is 0.550. The minimum absolute atomic E-state index is 0.0996. The third-order valence-electron chi connectivity index (χ3n) is 3.82. The molecule has 132 valence electrons. The van der Waals surface area contributed by atoms with Crippen molar-refractivity contribution in [2.45, 2.75) is 25.7 Å². The number of carboxylic acid groups (broad SMARTS) is 1. The number of hydrogen-bond acceptors (Lipinski definition) is 4. The van der Waals surface area contributed by atoms with Gasteiger partial charge in [0.1, 0.15) is 5.75 Å². The molecule has 6 nitrogen and oxygen atoms in total. The summed E-state index contributed by atoms with van der Waals surface area (Å²) in [6.07, 6.45) is 2.96. The Balaban J connectivity index is 2.18. The van der Waals surface area contributed by atoms with Gasteiger partial charge in [0.2, 0.25) is 5.91 Å². The topological polar surface area (TPSA) is 113 Å². The number of rotatable bonds is 8. The number of carboxylic acids is 1. The summed E-state index contributed by atoms with van der Waals surface area (Å²) in [4.78, 5) is 23.4. The number of anilines is 1. The first-order chi connectivity index (χ1) is 12.0. The highest BCUT2D eigenvalue weighted by Gasteiger charge is 2.13. The summed E-state index contributed by atoms with van der Waals surface area (Å²) < 4.78 is 0. The van der Waals surface area contributed by atoms with Crippen LogP contribution in [0.4, 0.5) is 5.69 Å². The minimum Gasteiger partial charge on any atom is -0.508 e. The van der Waals surface area contributed by atoms with Crippen LogP contribution in [-0.2, 0) is 4.79 Å². The first-order valence-electron chi connectivity index (χ1n) is 8.18. The highest BCUT2D eigenvalue weighted by Crippen LogP contribution is 2.28. The lowest BCUT2D eigenvalue weighted by Crippen LogP contribution is -2.12. The van der Waals surface area contributed by atoms with Gasteiger partial charge in [-0.1, -0.05) is 18.6 Å². The van der Waals surface area contributed by atoms with E-state index in [1.54, 1.807) is 24.3 Å². The molecule has 5 N–H and O–H groups in total. The molecule has 0 unspecified atom stereocenters. The molecule has 25 heavy (non-hydrogen) atoms. The highest BCUT2D eigenvalue weighted by atomic mass is 16.4. The summed E-state index contributed by atoms with van der Waals surface area (Å²) in [5.41, 5.74) is 7.22. The zero-order chi connectivity index (χ0) is 18.2. The monoisotopic (exact) mass is 342 g/mol. The van der Waals surface area contributed by atoms with E-state index in [1.807, 2.05) is 0 Å². The minimum atomic E-state index is -1.05. The Morgan fingerprint density at radius 2 is 1.72 bits per heavy atom. The molecule has 2 aromatic carbocycles. The summed E-state index contributed by atoms with van der Waals surface area (Å²) in [5, 5.41) is 21.6. The third kappa shape index (κ3) is 5.32. The van der Waals surface area contributed by atoms with Gasteiger partial charge in [0.25, 0.3) is 0 Å². The van der Waals surface area contributed by atoms with Crippen molar-refractivity contribution in [3.8, 4) is 16.9 Å². The van der Waals surface area contributed by atoms with Gasteiger partial charge < -0.3 is 21.3 Å². The second kappa shape index (κ2) is 8.84. The summed E-state index contributed by atoms with van der Waals surface area (Å²) in [6, 6.07) is 10.9. The van der Waals surface area contributed by atoms with Gasteiger partial charge in [-0.15, -0.1) is 0 Å². The average Bonchev–Trinajstić information content (AvgIpc) is 2.59. The smallest absolute Gasteiger partial charge is 0.336 e. The number of carbonyl (C=O) groups is 2. The maximum Gasteiger partial charge on any atom is 0.336 e. The number of amides is 1. The van der Waals surface area contributed by atoms with Crippen LogP contribution in [0.15, 0.2) is 42.5 Å². The molecule has 0 spiro atoms. The number of carbonyl (C=O) groups excluding carboxylic acids is 1. The van der Waals surface area contributed by atoms with Gasteiger partial charge in [0, 0.05) is 12.1 Å². The Labute approximate surface area is 146 Å². The Kier molecular flexibility index (Phi) is 6.54. The van der Waals surface area contributed by atoms with Crippen LogP contribution in [0.2, 0.25) is 0 Å². The molecule has 2 aromatic rings. The first kappa shape index (κ1) is 18.5. The maximum absolute atomic E-state index is 12.0. The van der Waals surface area contributed by atoms with Gasteiger partial charge in [-0.3, -0.25) is 4.79 Å². The van der Waals surface area contributed by atoms with E-state index in [2.05, 4.69) is 5.32 Å². The standard InChI is InChI=1S/C19H22N2O4/c20-11-3-1-2-4-18(23)21-14-7-10-16(19(24)25)17(12-14)13-5-8-15(22)9-6-13/h5-10,12,22H,1-4,11,20H2,(H,21,23)(H,24,25). The summed E-state index contributed by atoms with van der Waals surface area (Å²) >= 11 is 0. The van der Waals surface area contributed by atoms with Gasteiger partial charge in [-0.05, 0) is 60.8 Å². The SMILES string of the molecule is NCCCCCC(=O)Nc1ccc(C(=O)O)c(-c2ccc(O)cc2)c1. The zero-order valence-corrected chi connectivity index (χ0v) is 13.9. The third-order valence-corrected chi connectivity index (χ3v) is 3.82. The first-order valence-corrected chi connectivity index (χ1v) is 8.18. The van der Waals surface area contributed by atoms with E-state index in [4.69, 9.17) is 5.73 Å². The number of hydrogen-bond donors (Lipinski definition) is 4. The molecule has 0 atom stereocenters. The number of aromatic carboxylic acids is 1. The van der Waals surface area contributed by atoms with Crippen LogP contribution < -0.4 is 11.1 Å². The van der Waals surface area contributed by atoms with E-state index >= 15 is 0 Å². The molecule has 0 saturated heterocycles. The van der Waals surface area contributed by atoms with E-state index < -0.39 is 5.97 Å². The number of phenolic OH excluding ortho intramolecular Hbond substituents is 1. The van der Waals surface area contributed by atoms with Crippen LogP contribution in [0.3, 0.4) is 0 Å². The van der Waals surface area contributed by atoms with Crippen molar-refractivity contribution in [2.24, 2.45) is 5.73 Å². The Morgan fingerprint density at radius 1 is 1.00 bits per heavy atom. The number of phenols is 1. The van der Waals surface area contributed by atoms with E-state index in [1.165, 1.54) is 18.2 Å². The molecule has 0 aliphatic carbocycles. The van der Waals surface area contributed by atoms with E-state index in [-0.39, 0.29) is 17.2 Å². The fourth-order valence-corrected chi connectivity index (χ4v) is 2.52. The number of benzene rings is 2. The summed E-state index contributed by atoms with van der Waals surface area (Å²) in [7, 11) is 0. The predicted octanol–water partition coefficient (Wildman–Crippen LogP) is 3.22. The van der Waals surface area contributed by atoms with Crippen molar-refractivity contribution < 1.29 is 19.8 Å². The van der Waals surface area contributed by atoms with Gasteiger partial charge in [-0.25, -0.2) is 4.79 Å². The number of aromatic hydroxyl groups is 1. The van der Waals surface area contributed by atoms with Crippen LogP contribution >= 0.6 is 0 Å². The van der Waals surface area contributed by atoms with Gasteiger partial charge >= 0.3 is 5.97 Å². The second-order valence-corrected chi connectivity index (χ2v) is 5.76. The maximum atomic E-state index is 12.0. The molecule has 0 fully saturated rings. The van der Waals surface area contributed by atoms with Crippen molar-refractivity contribution >= 4 is 17.6 Å². The molecule has 0 aliphatic rings. The van der Waals surface area contributed by atoms with Crippen LogP contribution in [0, 0.1) is 0 Å². The van der Waals surface area contributed by atoms with E-state index in [0.29, 0.717) is 29.8 Å². The molecule has 0 bridgehead atoms. The number of unbranched alkanes of at least 4 members (excludes halogenated alkanes) is 2. The van der Waals surface area contributed by atoms with Crippen molar-refractivity contribution in [1.82, 2.24) is 0 Å². The van der Waals surface area contributed by atoms with Crippen molar-refractivity contribution in [1.29, 1.82) is 0 Å². The van der Waals surface area contributed by atoms with Crippen LogP contribution in [-0.4, -0.2) is 28.6 Å². The number of nitrogens with two attached hydrogens (primary N) is 1. The molecule has 2 rings (SSSR count). The Hall–Kier alpha value is -2.86. The second-order valence-electron chi connectivity index (χ2n) is 5.76. The van der Waals surface area contributed by atoms with Crippen LogP contribution in [0.5, 0.6) is 5.75 Å². The van der Waals surface area contributed by atoms with Gasteiger partial charge in [0.15, 0.2) is 0 Å². The van der Waals surface area contributed by atoms with Crippen LogP contribution in [0.25, 0.3) is 11.1 Å². The number of nitrogens with one attached hydrogen (secondary N) is 1. The Morgan fingerprint density at radius 3 is 2.36 bits per heavy atom. The molecule has 0 aliphatic heterocycles. The van der Waals surface area contributed by atoms with Gasteiger partial charge in [0.05, 0.1) is 5.56 Å². The van der Waals surface area contributed by atoms with E-state index in [0.717, 1.165) is 19.3 Å². The van der Waals surface area contributed by atoms with Crippen molar-refractivity contribution in [3.05, 3.63) is 48.0 Å². The van der Waals surface area contributed by atoms with Crippen molar-refractivity contribution in [3.63, 3.8) is 0 Å². The fraction of sp³-hybridized carbons (Fsp3) is 0.263. The lowest BCUT2D eigenvalue weighted by Gasteiger charge is -2.11. The lowest BCUT2D eigenvalue weighted by molar-refractivity contribution is -0.116. The summed E-state index contributed by atoms with van der Waals surface area (Å²) in [5.74, 6) is -1.07. The largest absolute Gasteiger partial charge is 0.508 e. The fourth-order valence-electron chi connectivity index (χ4n) is 2.52. The zero-order valence-electron chi connectivity index (χ0n) is 13.9. The van der Waals surface area contributed by atoms with Crippen molar-refractivity contribution in [2.75, 3.05) is 11.9 Å². The molecule has 0 heterocycles. The van der Waals surface area contributed by atoms with Crippen LogP contribution in [0.1, 0.15) is 36.0 Å². The normalized spacial score (nSPS) is 10.4. The molecule has 0 aromatic heterocycles. The summed E-state index contributed by atoms with van der Waals surface area (Å²) in [6.45, 7) is 0.619. The molecular formula is C19H22N2O4. The predicted molar refractivity (Wildman–Crippen MR) is 96.7 cm³/mol. The molecular weight excluding hydrogens is 320 g/mol. The molecule has 1 amide bonds. The Bertz CT molecular complexity index is 742. The average molecular weight is 342 g/mol. The lowest BCUT2D eigenvalue weighted by atomic mass is 9.98. The molecule has 0 saturated carbocycles. The molecule has 6 heteroatoms. The molecule has 0 radical (unpaired) electrons. The highest BCUT2D eigenvalue weighted by molar-refractivity contribution is 5.98.